The summed E-state index contributed by atoms with van der Waals surface area (Å²) in [5.74, 6) is -0.499. The Hall–Kier alpha value is -1.23. The number of hydrogen-bond donors (Lipinski definition) is 0. The maximum atomic E-state index is 13.3. The van der Waals surface area contributed by atoms with Crippen molar-refractivity contribution >= 4 is 12.0 Å². The number of isocyanates is 1. The van der Waals surface area contributed by atoms with Gasteiger partial charge in [-0.25, -0.2) is 9.59 Å². The molecule has 0 aromatic heterocycles. The molecule has 3 unspecified atom stereocenters. The Morgan fingerprint density at radius 1 is 0.964 bits per heavy atom. The summed E-state index contributed by atoms with van der Waals surface area (Å²) in [7, 11) is 0. The van der Waals surface area contributed by atoms with Gasteiger partial charge in [0.25, 0.3) is 5.72 Å². The minimum atomic E-state index is -1.93. The molecule has 6 heteroatoms. The molecule has 164 valence electrons. The van der Waals surface area contributed by atoms with Crippen molar-refractivity contribution in [3.8, 4) is 0 Å². The Labute approximate surface area is 171 Å². The maximum Gasteiger partial charge on any atom is 0.366 e. The predicted octanol–water partition coefficient (Wildman–Crippen LogP) is 5.19. The lowest BCUT2D eigenvalue weighted by molar-refractivity contribution is -0.239. The van der Waals surface area contributed by atoms with E-state index in [9.17, 15) is 9.59 Å². The highest BCUT2D eigenvalue weighted by atomic mass is 16.6. The van der Waals surface area contributed by atoms with E-state index in [1.807, 2.05) is 20.8 Å². The first-order valence-electron chi connectivity index (χ1n) is 10.2. The summed E-state index contributed by atoms with van der Waals surface area (Å²) in [6.45, 7) is 20.6. The van der Waals surface area contributed by atoms with Gasteiger partial charge < -0.3 is 14.2 Å². The lowest BCUT2D eigenvalue weighted by atomic mass is 9.91. The molecular weight excluding hydrogens is 358 g/mol. The van der Waals surface area contributed by atoms with Crippen LogP contribution in [-0.4, -0.2) is 40.7 Å². The molecule has 0 bridgehead atoms. The Morgan fingerprint density at radius 2 is 1.50 bits per heavy atom. The largest absolute Gasteiger partial charge is 0.456 e. The molecule has 6 nitrogen and oxygen atoms in total. The van der Waals surface area contributed by atoms with E-state index in [-0.39, 0.29) is 5.92 Å². The molecule has 0 amide bonds. The first-order chi connectivity index (χ1) is 12.5. The van der Waals surface area contributed by atoms with E-state index >= 15 is 0 Å². The number of hydrogen-bond acceptors (Lipinski definition) is 6. The molecule has 0 aromatic rings. The van der Waals surface area contributed by atoms with E-state index in [1.165, 1.54) is 6.08 Å². The standard InChI is InChI=1S/C22H41NO5/c1-12-13-16(2)14-17(26-19(3,4)5)22(23-15-24,28-21(9,10)11)18(25)27-20(6,7)8/h16-17H,12-14H2,1-11H3. The molecule has 0 aromatic carbocycles. The van der Waals surface area contributed by atoms with Crippen LogP contribution in [0.3, 0.4) is 0 Å². The highest BCUT2D eigenvalue weighted by Crippen LogP contribution is 2.36. The van der Waals surface area contributed by atoms with Gasteiger partial charge in [0.05, 0.1) is 11.2 Å². The number of aliphatic imine (C=N–C) groups is 1. The van der Waals surface area contributed by atoms with Crippen molar-refractivity contribution in [3.63, 3.8) is 0 Å². The molecule has 0 aliphatic heterocycles. The number of ether oxygens (including phenoxy) is 3. The first kappa shape index (κ1) is 26.8. The van der Waals surface area contributed by atoms with E-state index in [4.69, 9.17) is 14.2 Å². The smallest absolute Gasteiger partial charge is 0.366 e. The zero-order valence-corrected chi connectivity index (χ0v) is 19.8. The first-order valence-corrected chi connectivity index (χ1v) is 10.2. The van der Waals surface area contributed by atoms with Crippen LogP contribution in [0.2, 0.25) is 0 Å². The normalized spacial score (nSPS) is 17.2. The van der Waals surface area contributed by atoms with Crippen molar-refractivity contribution < 1.29 is 23.8 Å². The van der Waals surface area contributed by atoms with Crippen molar-refractivity contribution in [2.45, 2.75) is 124 Å². The van der Waals surface area contributed by atoms with Crippen LogP contribution >= 0.6 is 0 Å². The molecule has 0 saturated carbocycles. The van der Waals surface area contributed by atoms with E-state index in [0.717, 1.165) is 12.8 Å². The molecule has 0 heterocycles. The van der Waals surface area contributed by atoms with E-state index in [0.29, 0.717) is 6.42 Å². The molecule has 0 rings (SSSR count). The van der Waals surface area contributed by atoms with Gasteiger partial charge in [-0.2, -0.15) is 4.99 Å². The second-order valence-corrected chi connectivity index (χ2v) is 10.5. The van der Waals surface area contributed by atoms with Crippen LogP contribution in [0.1, 0.15) is 95.4 Å². The van der Waals surface area contributed by atoms with Crippen LogP contribution in [0, 0.1) is 5.92 Å². The molecule has 0 fully saturated rings. The summed E-state index contributed by atoms with van der Waals surface area (Å²) < 4.78 is 18.0. The van der Waals surface area contributed by atoms with Gasteiger partial charge in [0.2, 0.25) is 6.08 Å². The van der Waals surface area contributed by atoms with Crippen LogP contribution in [0.4, 0.5) is 0 Å². The lowest BCUT2D eigenvalue weighted by Crippen LogP contribution is -2.58. The van der Waals surface area contributed by atoms with Crippen molar-refractivity contribution in [2.75, 3.05) is 0 Å². The third-order valence-corrected chi connectivity index (χ3v) is 3.70. The fraction of sp³-hybridized carbons (Fsp3) is 0.909. The van der Waals surface area contributed by atoms with Crippen molar-refractivity contribution in [1.82, 2.24) is 0 Å². The second-order valence-electron chi connectivity index (χ2n) is 10.5. The van der Waals surface area contributed by atoms with Gasteiger partial charge in [0.1, 0.15) is 11.7 Å². The third-order valence-electron chi connectivity index (χ3n) is 3.70. The number of rotatable bonds is 9. The Balaban J connectivity index is 6.45. The number of esters is 1. The zero-order chi connectivity index (χ0) is 22.4. The molecule has 3 atom stereocenters. The molecular formula is C22H41NO5. The van der Waals surface area contributed by atoms with Crippen molar-refractivity contribution in [2.24, 2.45) is 10.9 Å². The van der Waals surface area contributed by atoms with Crippen molar-refractivity contribution in [3.05, 3.63) is 0 Å². The summed E-state index contributed by atoms with van der Waals surface area (Å²) in [6.07, 6.45) is 3.18. The van der Waals surface area contributed by atoms with Crippen LogP contribution in [0.5, 0.6) is 0 Å². The predicted molar refractivity (Wildman–Crippen MR) is 111 cm³/mol. The van der Waals surface area contributed by atoms with Gasteiger partial charge in [-0.1, -0.05) is 26.7 Å². The fourth-order valence-electron chi connectivity index (χ4n) is 2.96. The Kier molecular flexibility index (Phi) is 9.56. The van der Waals surface area contributed by atoms with Gasteiger partial charge in [-0.3, -0.25) is 0 Å². The molecule has 0 N–H and O–H groups in total. The number of carbonyl (C=O) groups excluding carboxylic acids is 2. The van der Waals surface area contributed by atoms with Gasteiger partial charge >= 0.3 is 5.97 Å². The van der Waals surface area contributed by atoms with E-state index < -0.39 is 34.6 Å². The van der Waals surface area contributed by atoms with Gasteiger partial charge in [-0.15, -0.1) is 0 Å². The lowest BCUT2D eigenvalue weighted by Gasteiger charge is -2.42. The van der Waals surface area contributed by atoms with E-state index in [1.54, 1.807) is 41.5 Å². The molecule has 0 saturated heterocycles. The highest BCUT2D eigenvalue weighted by Gasteiger charge is 2.54. The van der Waals surface area contributed by atoms with Crippen LogP contribution in [0.25, 0.3) is 0 Å². The number of nitrogens with zero attached hydrogens (tertiary/aromatic N) is 1. The average molecular weight is 400 g/mol. The minimum absolute atomic E-state index is 0.240. The fourth-order valence-corrected chi connectivity index (χ4v) is 2.96. The SMILES string of the molecule is CCCC(C)CC(OC(C)(C)C)C(N=C=O)(OC(C)(C)C)C(=O)OC(C)(C)C. The van der Waals surface area contributed by atoms with Gasteiger partial charge in [-0.05, 0) is 74.7 Å². The molecule has 28 heavy (non-hydrogen) atoms. The molecule has 0 radical (unpaired) electrons. The summed E-state index contributed by atoms with van der Waals surface area (Å²) in [5, 5.41) is 0. The van der Waals surface area contributed by atoms with Gasteiger partial charge in [0.15, 0.2) is 0 Å². The molecule has 0 spiro atoms. The van der Waals surface area contributed by atoms with Crippen molar-refractivity contribution in [1.29, 1.82) is 0 Å². The van der Waals surface area contributed by atoms with Crippen LogP contribution in [-0.2, 0) is 23.8 Å². The van der Waals surface area contributed by atoms with E-state index in [2.05, 4.69) is 18.8 Å². The summed E-state index contributed by atoms with van der Waals surface area (Å²) >= 11 is 0. The van der Waals surface area contributed by atoms with Crippen LogP contribution < -0.4 is 0 Å². The van der Waals surface area contributed by atoms with Gasteiger partial charge in [0, 0.05) is 0 Å². The summed E-state index contributed by atoms with van der Waals surface area (Å²) in [4.78, 5) is 28.6. The Morgan fingerprint density at radius 3 is 1.86 bits per heavy atom. The second kappa shape index (κ2) is 10.00. The Bertz CT molecular complexity index is 547. The third kappa shape index (κ3) is 9.81. The summed E-state index contributed by atoms with van der Waals surface area (Å²) in [5.41, 5.74) is -4.06. The maximum absolute atomic E-state index is 13.3. The zero-order valence-electron chi connectivity index (χ0n) is 19.8. The summed E-state index contributed by atoms with van der Waals surface area (Å²) in [6, 6.07) is 0. The monoisotopic (exact) mass is 399 g/mol. The number of carbonyl (C=O) groups is 1. The highest BCUT2D eigenvalue weighted by molar-refractivity contribution is 5.81. The molecule has 0 aliphatic rings. The minimum Gasteiger partial charge on any atom is -0.456 e. The quantitative estimate of drug-likeness (QED) is 0.303. The average Bonchev–Trinajstić information content (AvgIpc) is 2.41. The topological polar surface area (TPSA) is 74.2 Å². The van der Waals surface area contributed by atoms with Crippen LogP contribution in [0.15, 0.2) is 4.99 Å². The molecule has 0 aliphatic carbocycles.